The van der Waals surface area contributed by atoms with Crippen molar-refractivity contribution in [1.82, 2.24) is 10.2 Å². The highest BCUT2D eigenvalue weighted by atomic mass is 16.6. The number of carbonyl (C=O) groups is 1. The van der Waals surface area contributed by atoms with E-state index in [9.17, 15) is 20.1 Å². The summed E-state index contributed by atoms with van der Waals surface area (Å²) in [5.41, 5.74) is -0.944. The summed E-state index contributed by atoms with van der Waals surface area (Å²) in [6.07, 6.45) is 6.43. The number of β-amino-alcohol motifs (C(OH)–C–C–N with tert-alkyl or cyclic N) is 1. The van der Waals surface area contributed by atoms with Crippen LogP contribution in [0, 0.1) is 50.7 Å². The van der Waals surface area contributed by atoms with E-state index in [1.54, 1.807) is 0 Å². The third-order valence-electron chi connectivity index (χ3n) is 16.0. The van der Waals surface area contributed by atoms with Crippen LogP contribution in [0.1, 0.15) is 107 Å². The van der Waals surface area contributed by atoms with Gasteiger partial charge in [-0.3, -0.25) is 4.90 Å². The number of rotatable bonds is 8. The maximum Gasteiger partial charge on any atom is 0.407 e. The molecule has 5 saturated carbocycles. The van der Waals surface area contributed by atoms with E-state index in [4.69, 9.17) is 14.2 Å². The highest BCUT2D eigenvalue weighted by Crippen LogP contribution is 2.89. The number of aliphatic hydroxyl groups is 3. The molecule has 4 N–H and O–H groups in total. The van der Waals surface area contributed by atoms with Gasteiger partial charge in [0.15, 0.2) is 0 Å². The van der Waals surface area contributed by atoms with Crippen molar-refractivity contribution in [2.24, 2.45) is 50.7 Å². The Hall–Kier alpha value is -0.970. The molecule has 9 nitrogen and oxygen atoms in total. The van der Waals surface area contributed by atoms with Crippen LogP contribution >= 0.6 is 0 Å². The van der Waals surface area contributed by atoms with Gasteiger partial charge in [-0.15, -0.1) is 0 Å². The molecule has 2 aliphatic heterocycles. The highest BCUT2D eigenvalue weighted by Gasteiger charge is 2.84. The lowest BCUT2D eigenvalue weighted by atomic mass is 9.41. The van der Waals surface area contributed by atoms with Gasteiger partial charge in [-0.2, -0.15) is 0 Å². The van der Waals surface area contributed by atoms with Gasteiger partial charge in [-0.05, 0) is 112 Å². The lowest BCUT2D eigenvalue weighted by Gasteiger charge is -2.63. The van der Waals surface area contributed by atoms with Crippen molar-refractivity contribution < 1.29 is 34.3 Å². The summed E-state index contributed by atoms with van der Waals surface area (Å²) in [5.74, 6) is 1.57. The predicted molar refractivity (Wildman–Crippen MR) is 179 cm³/mol. The number of amides is 1. The minimum Gasteiger partial charge on any atom is -0.446 e. The van der Waals surface area contributed by atoms with Gasteiger partial charge in [0.25, 0.3) is 0 Å². The minimum absolute atomic E-state index is 0.0219. The molecule has 0 aromatic heterocycles. The van der Waals surface area contributed by atoms with E-state index in [0.717, 1.165) is 45.1 Å². The minimum atomic E-state index is -1.03. The molecule has 9 heteroatoms. The second-order valence-corrected chi connectivity index (χ2v) is 18.8. The standard InChI is InChI=1S/C38H64N2O7/c1-9-45-31(34(5,6)44)24-18-22(2)28-29(46-24)30(42)36(8)26-11-10-25-33(3,4)27(47-32(43)39-16-17-40-19-23(41)20-40)12-13-37(25)21-38(26,37)15-14-35(28,36)7/h22-31,41-42,44H,9-21H2,1-8H3,(H,39,43)/t22-,24?,25+,26?,27+,28+,29?,30+,31+,35-,36-,37-,38+/m1/s1. The predicted octanol–water partition coefficient (Wildman–Crippen LogP) is 4.75. The smallest absolute Gasteiger partial charge is 0.407 e. The van der Waals surface area contributed by atoms with Crippen LogP contribution in [-0.4, -0.2) is 101 Å². The first kappa shape index (κ1) is 34.5. The van der Waals surface area contributed by atoms with E-state index in [1.165, 1.54) is 12.8 Å². The number of hydrogen-bond acceptors (Lipinski definition) is 8. The molecule has 268 valence electrons. The van der Waals surface area contributed by atoms with E-state index in [0.29, 0.717) is 44.0 Å². The van der Waals surface area contributed by atoms with E-state index >= 15 is 0 Å². The lowest BCUT2D eigenvalue weighted by molar-refractivity contribution is -0.215. The number of nitrogens with zero attached hydrogens (tertiary/aromatic N) is 1. The topological polar surface area (TPSA) is 121 Å². The maximum absolute atomic E-state index is 12.9. The van der Waals surface area contributed by atoms with Gasteiger partial charge in [0.2, 0.25) is 0 Å². The van der Waals surface area contributed by atoms with E-state index in [1.807, 2.05) is 20.8 Å². The summed E-state index contributed by atoms with van der Waals surface area (Å²) >= 11 is 0. The second kappa shape index (κ2) is 11.3. The fraction of sp³-hybridized carbons (Fsp3) is 0.974. The van der Waals surface area contributed by atoms with Crippen molar-refractivity contribution >= 4 is 6.09 Å². The van der Waals surface area contributed by atoms with Crippen LogP contribution in [0.4, 0.5) is 4.79 Å². The number of ether oxygens (including phenoxy) is 3. The Morgan fingerprint density at radius 1 is 1.04 bits per heavy atom. The molecule has 0 aromatic carbocycles. The zero-order valence-corrected chi connectivity index (χ0v) is 30.4. The fourth-order valence-electron chi connectivity index (χ4n) is 13.9. The monoisotopic (exact) mass is 660 g/mol. The van der Waals surface area contributed by atoms with Crippen LogP contribution in [0.5, 0.6) is 0 Å². The SMILES string of the molecule is CCO[C@@H](C1C[C@@H](C)[C@H]2C(O1)[C@H](O)[C@@]1(C)C3CC[C@H]4C(C)(C)[C@@H](OC(=O)NCCN5CC(O)C5)CC[C@@]45C[C@@]35CC[C@]21C)C(C)(C)O. The lowest BCUT2D eigenvalue weighted by Crippen LogP contribution is -2.60. The molecule has 0 aromatic rings. The van der Waals surface area contributed by atoms with Gasteiger partial charge in [0, 0.05) is 43.6 Å². The third-order valence-corrected chi connectivity index (χ3v) is 16.0. The Kier molecular flexibility index (Phi) is 8.26. The molecule has 2 heterocycles. The Morgan fingerprint density at radius 2 is 1.72 bits per heavy atom. The zero-order valence-electron chi connectivity index (χ0n) is 30.4. The van der Waals surface area contributed by atoms with Crippen LogP contribution in [-0.2, 0) is 14.2 Å². The largest absolute Gasteiger partial charge is 0.446 e. The van der Waals surface area contributed by atoms with Crippen LogP contribution in [0.3, 0.4) is 0 Å². The number of carbonyl (C=O) groups excluding carboxylic acids is 1. The highest BCUT2D eigenvalue weighted by molar-refractivity contribution is 5.67. The molecule has 5 aliphatic carbocycles. The molecule has 3 unspecified atom stereocenters. The van der Waals surface area contributed by atoms with Gasteiger partial charge in [-0.25, -0.2) is 4.79 Å². The first-order chi connectivity index (χ1) is 22.0. The molecule has 7 fully saturated rings. The average Bonchev–Trinajstić information content (AvgIpc) is 3.60. The summed E-state index contributed by atoms with van der Waals surface area (Å²) in [6, 6.07) is 0. The molecule has 13 atom stereocenters. The van der Waals surface area contributed by atoms with Crippen LogP contribution in [0.25, 0.3) is 0 Å². The van der Waals surface area contributed by atoms with Gasteiger partial charge in [0.05, 0.1) is 30.0 Å². The fourth-order valence-corrected chi connectivity index (χ4v) is 13.9. The van der Waals surface area contributed by atoms with Crippen LogP contribution in [0.15, 0.2) is 0 Å². The van der Waals surface area contributed by atoms with Crippen molar-refractivity contribution in [3.63, 3.8) is 0 Å². The molecule has 1 amide bonds. The molecule has 7 rings (SSSR count). The molecule has 47 heavy (non-hydrogen) atoms. The number of aliphatic hydroxyl groups excluding tert-OH is 2. The van der Waals surface area contributed by atoms with Crippen molar-refractivity contribution in [2.75, 3.05) is 32.8 Å². The summed E-state index contributed by atoms with van der Waals surface area (Å²) in [5, 5.41) is 36.1. The number of nitrogens with one attached hydrogen (secondary N) is 1. The Bertz CT molecular complexity index is 1220. The number of likely N-dealkylation sites (tertiary alicyclic amines) is 1. The molecule has 0 radical (unpaired) electrons. The van der Waals surface area contributed by atoms with Gasteiger partial charge < -0.3 is 34.8 Å². The van der Waals surface area contributed by atoms with E-state index < -0.39 is 17.8 Å². The van der Waals surface area contributed by atoms with E-state index in [2.05, 4.69) is 44.8 Å². The maximum atomic E-state index is 12.9. The summed E-state index contributed by atoms with van der Waals surface area (Å²) in [4.78, 5) is 15.0. The Morgan fingerprint density at radius 3 is 2.38 bits per heavy atom. The quantitative estimate of drug-likeness (QED) is 0.295. The average molecular weight is 661 g/mol. The van der Waals surface area contributed by atoms with Gasteiger partial charge in [-0.1, -0.05) is 34.6 Å². The molecule has 7 aliphatic rings. The Balaban J connectivity index is 1.08. The second-order valence-electron chi connectivity index (χ2n) is 18.8. The summed E-state index contributed by atoms with van der Waals surface area (Å²) in [6.45, 7) is 20.6. The zero-order chi connectivity index (χ0) is 33.9. The summed E-state index contributed by atoms with van der Waals surface area (Å²) in [7, 11) is 0. The van der Waals surface area contributed by atoms with Gasteiger partial charge in [0.1, 0.15) is 12.2 Å². The van der Waals surface area contributed by atoms with Crippen molar-refractivity contribution in [3.8, 4) is 0 Å². The molecular formula is C38H64N2O7. The van der Waals surface area contributed by atoms with Crippen LogP contribution < -0.4 is 5.32 Å². The molecule has 0 bridgehead atoms. The molecule has 2 spiro atoms. The molecular weight excluding hydrogens is 596 g/mol. The number of fused-ring (bicyclic) bond motifs is 4. The molecule has 2 saturated heterocycles. The van der Waals surface area contributed by atoms with Crippen molar-refractivity contribution in [2.45, 2.75) is 149 Å². The van der Waals surface area contributed by atoms with E-state index in [-0.39, 0.29) is 63.5 Å². The summed E-state index contributed by atoms with van der Waals surface area (Å²) < 4.78 is 19.2. The Labute approximate surface area is 282 Å². The number of hydrogen-bond donors (Lipinski definition) is 4. The normalized spacial score (nSPS) is 49.3. The van der Waals surface area contributed by atoms with Crippen molar-refractivity contribution in [1.29, 1.82) is 0 Å². The first-order valence-electron chi connectivity index (χ1n) is 19.0. The number of alkyl carbamates (subject to hydrolysis) is 1. The van der Waals surface area contributed by atoms with Crippen molar-refractivity contribution in [3.05, 3.63) is 0 Å². The third kappa shape index (κ3) is 4.78. The van der Waals surface area contributed by atoms with Gasteiger partial charge >= 0.3 is 6.09 Å². The van der Waals surface area contributed by atoms with Crippen LogP contribution in [0.2, 0.25) is 0 Å². The first-order valence-corrected chi connectivity index (χ1v) is 19.0.